The van der Waals surface area contributed by atoms with Gasteiger partial charge in [-0.2, -0.15) is 5.10 Å². The molecule has 0 amide bonds. The molecule has 0 saturated carbocycles. The van der Waals surface area contributed by atoms with Crippen LogP contribution in [0.4, 0.5) is 5.69 Å². The maximum Gasteiger partial charge on any atom is 0.358 e. The number of hydrogen-bond donors (Lipinski definition) is 1. The number of aromatic nitrogens is 3. The Kier molecular flexibility index (Phi) is 4.34. The Balaban J connectivity index is 1.99. The van der Waals surface area contributed by atoms with Crippen LogP contribution in [-0.4, -0.2) is 27.3 Å². The van der Waals surface area contributed by atoms with E-state index in [2.05, 4.69) is 10.1 Å². The number of nitrogen functional groups attached to an aromatic ring is 1. The Hall–Kier alpha value is -2.37. The molecule has 2 aromatic heterocycles. The Labute approximate surface area is 117 Å². The number of nitrogens with two attached hydrogens (primary N) is 1. The van der Waals surface area contributed by atoms with Gasteiger partial charge in [0.05, 0.1) is 18.0 Å². The standard InChI is InChI=1S/C14H18N4O2/c1-3-18-13(12(15)10(2)17-18)14(19)20-9-6-11-4-7-16-8-5-11/h4-5,7-8H,3,6,9,15H2,1-2H3. The largest absolute Gasteiger partial charge is 0.461 e. The third kappa shape index (κ3) is 2.96. The molecule has 2 heterocycles. The molecule has 0 aliphatic heterocycles. The van der Waals surface area contributed by atoms with E-state index in [0.29, 0.717) is 36.6 Å². The van der Waals surface area contributed by atoms with E-state index in [0.717, 1.165) is 5.56 Å². The number of pyridine rings is 1. The van der Waals surface area contributed by atoms with Crippen LogP contribution in [0.3, 0.4) is 0 Å². The second kappa shape index (κ2) is 6.18. The zero-order valence-electron chi connectivity index (χ0n) is 11.7. The highest BCUT2D eigenvalue weighted by Gasteiger charge is 2.20. The van der Waals surface area contributed by atoms with E-state index in [9.17, 15) is 4.79 Å². The first-order valence-corrected chi connectivity index (χ1v) is 6.52. The van der Waals surface area contributed by atoms with Crippen LogP contribution in [0, 0.1) is 6.92 Å². The van der Waals surface area contributed by atoms with Gasteiger partial charge in [-0.25, -0.2) is 4.79 Å². The van der Waals surface area contributed by atoms with Crippen molar-refractivity contribution in [2.75, 3.05) is 12.3 Å². The van der Waals surface area contributed by atoms with Crippen molar-refractivity contribution in [3.05, 3.63) is 41.5 Å². The van der Waals surface area contributed by atoms with E-state index in [-0.39, 0.29) is 0 Å². The van der Waals surface area contributed by atoms with E-state index in [1.807, 2.05) is 19.1 Å². The Morgan fingerprint density at radius 2 is 2.10 bits per heavy atom. The van der Waals surface area contributed by atoms with Crippen molar-refractivity contribution in [2.24, 2.45) is 0 Å². The molecule has 6 heteroatoms. The monoisotopic (exact) mass is 274 g/mol. The van der Waals surface area contributed by atoms with E-state index >= 15 is 0 Å². The van der Waals surface area contributed by atoms with Gasteiger partial charge in [0.1, 0.15) is 0 Å². The minimum atomic E-state index is -0.431. The molecule has 0 radical (unpaired) electrons. The fourth-order valence-corrected chi connectivity index (χ4v) is 1.92. The lowest BCUT2D eigenvalue weighted by Gasteiger charge is -2.07. The summed E-state index contributed by atoms with van der Waals surface area (Å²) >= 11 is 0. The Bertz CT molecular complexity index is 593. The van der Waals surface area contributed by atoms with Crippen LogP contribution in [0.5, 0.6) is 0 Å². The minimum Gasteiger partial charge on any atom is -0.461 e. The fraction of sp³-hybridized carbons (Fsp3) is 0.357. The molecule has 20 heavy (non-hydrogen) atoms. The van der Waals surface area contributed by atoms with Gasteiger partial charge in [-0.3, -0.25) is 9.67 Å². The van der Waals surface area contributed by atoms with Crippen molar-refractivity contribution in [1.29, 1.82) is 0 Å². The van der Waals surface area contributed by atoms with Gasteiger partial charge in [0.25, 0.3) is 0 Å². The quantitative estimate of drug-likeness (QED) is 0.837. The molecule has 2 N–H and O–H groups in total. The van der Waals surface area contributed by atoms with Crippen molar-refractivity contribution < 1.29 is 9.53 Å². The van der Waals surface area contributed by atoms with E-state index in [4.69, 9.17) is 10.5 Å². The summed E-state index contributed by atoms with van der Waals surface area (Å²) in [5.74, 6) is -0.431. The summed E-state index contributed by atoms with van der Waals surface area (Å²) in [7, 11) is 0. The number of hydrogen-bond acceptors (Lipinski definition) is 5. The van der Waals surface area contributed by atoms with E-state index in [1.54, 1.807) is 24.0 Å². The normalized spacial score (nSPS) is 10.5. The number of aryl methyl sites for hydroxylation is 2. The van der Waals surface area contributed by atoms with Gasteiger partial charge in [0.2, 0.25) is 0 Å². The van der Waals surface area contributed by atoms with Crippen LogP contribution in [-0.2, 0) is 17.7 Å². The van der Waals surface area contributed by atoms with Crippen molar-refractivity contribution in [3.63, 3.8) is 0 Å². The highest BCUT2D eigenvalue weighted by atomic mass is 16.5. The summed E-state index contributed by atoms with van der Waals surface area (Å²) < 4.78 is 6.84. The molecule has 0 unspecified atom stereocenters. The smallest absolute Gasteiger partial charge is 0.358 e. The number of carbonyl (C=O) groups is 1. The molecular weight excluding hydrogens is 256 g/mol. The average Bonchev–Trinajstić information content (AvgIpc) is 2.75. The Morgan fingerprint density at radius 1 is 1.40 bits per heavy atom. The summed E-state index contributed by atoms with van der Waals surface area (Å²) in [5.41, 5.74) is 8.31. The molecule has 0 aliphatic rings. The van der Waals surface area contributed by atoms with Gasteiger partial charge >= 0.3 is 5.97 Å². The van der Waals surface area contributed by atoms with E-state index < -0.39 is 5.97 Å². The highest BCUT2D eigenvalue weighted by Crippen LogP contribution is 2.17. The molecule has 0 bridgehead atoms. The van der Waals surface area contributed by atoms with Crippen LogP contribution in [0.1, 0.15) is 28.7 Å². The second-order valence-corrected chi connectivity index (χ2v) is 4.40. The number of anilines is 1. The zero-order chi connectivity index (χ0) is 14.5. The van der Waals surface area contributed by atoms with Crippen molar-refractivity contribution in [1.82, 2.24) is 14.8 Å². The van der Waals surface area contributed by atoms with Gasteiger partial charge in [-0.15, -0.1) is 0 Å². The summed E-state index contributed by atoms with van der Waals surface area (Å²) in [5, 5.41) is 4.20. The topological polar surface area (TPSA) is 83.0 Å². The third-order valence-corrected chi connectivity index (χ3v) is 3.04. The fourth-order valence-electron chi connectivity index (χ4n) is 1.92. The lowest BCUT2D eigenvalue weighted by molar-refractivity contribution is 0.0496. The highest BCUT2D eigenvalue weighted by molar-refractivity contribution is 5.93. The molecule has 0 spiro atoms. The zero-order valence-corrected chi connectivity index (χ0v) is 11.7. The summed E-state index contributed by atoms with van der Waals surface area (Å²) in [4.78, 5) is 16.0. The predicted molar refractivity (Wildman–Crippen MR) is 75.3 cm³/mol. The molecule has 106 valence electrons. The first-order valence-electron chi connectivity index (χ1n) is 6.52. The molecule has 0 saturated heterocycles. The molecule has 6 nitrogen and oxygen atoms in total. The van der Waals surface area contributed by atoms with Gasteiger partial charge < -0.3 is 10.5 Å². The maximum absolute atomic E-state index is 12.1. The van der Waals surface area contributed by atoms with Crippen LogP contribution in [0.2, 0.25) is 0 Å². The van der Waals surface area contributed by atoms with Gasteiger partial charge in [-0.1, -0.05) is 0 Å². The average molecular weight is 274 g/mol. The number of ether oxygens (including phenoxy) is 1. The molecular formula is C14H18N4O2. The Morgan fingerprint density at radius 3 is 2.75 bits per heavy atom. The number of nitrogens with zero attached hydrogens (tertiary/aromatic N) is 3. The third-order valence-electron chi connectivity index (χ3n) is 3.04. The molecule has 2 rings (SSSR count). The molecule has 0 aromatic carbocycles. The van der Waals surface area contributed by atoms with Crippen molar-refractivity contribution in [2.45, 2.75) is 26.8 Å². The summed E-state index contributed by atoms with van der Waals surface area (Å²) in [6.07, 6.45) is 4.07. The lowest BCUT2D eigenvalue weighted by Crippen LogP contribution is -2.15. The number of esters is 1. The lowest BCUT2D eigenvalue weighted by atomic mass is 10.2. The summed E-state index contributed by atoms with van der Waals surface area (Å²) in [6, 6.07) is 3.78. The molecule has 0 fully saturated rings. The molecule has 0 atom stereocenters. The first kappa shape index (κ1) is 14.0. The minimum absolute atomic E-state index is 0.302. The van der Waals surface area contributed by atoms with Gasteiger partial charge in [0.15, 0.2) is 5.69 Å². The van der Waals surface area contributed by atoms with Crippen molar-refractivity contribution in [3.8, 4) is 0 Å². The summed E-state index contributed by atoms with van der Waals surface area (Å²) in [6.45, 7) is 4.55. The molecule has 0 aliphatic carbocycles. The van der Waals surface area contributed by atoms with Crippen LogP contribution < -0.4 is 5.73 Å². The second-order valence-electron chi connectivity index (χ2n) is 4.40. The van der Waals surface area contributed by atoms with Crippen LogP contribution in [0.25, 0.3) is 0 Å². The number of rotatable bonds is 5. The maximum atomic E-state index is 12.1. The predicted octanol–water partition coefficient (Wildman–Crippen LogP) is 1.59. The first-order chi connectivity index (χ1) is 9.63. The van der Waals surface area contributed by atoms with Gasteiger partial charge in [-0.05, 0) is 31.5 Å². The van der Waals surface area contributed by atoms with Crippen molar-refractivity contribution >= 4 is 11.7 Å². The van der Waals surface area contributed by atoms with Gasteiger partial charge in [0, 0.05) is 25.4 Å². The van der Waals surface area contributed by atoms with Crippen LogP contribution in [0.15, 0.2) is 24.5 Å². The molecule has 2 aromatic rings. The van der Waals surface area contributed by atoms with Crippen LogP contribution >= 0.6 is 0 Å². The van der Waals surface area contributed by atoms with E-state index in [1.165, 1.54) is 0 Å². The SMILES string of the molecule is CCn1nc(C)c(N)c1C(=O)OCCc1ccncc1. The number of carbonyl (C=O) groups excluding carboxylic acids is 1.